The van der Waals surface area contributed by atoms with Crippen molar-refractivity contribution >= 4 is 15.5 Å². The van der Waals surface area contributed by atoms with E-state index in [-0.39, 0.29) is 17.5 Å². The normalized spacial score (nSPS) is 20.8. The first-order valence-electron chi connectivity index (χ1n) is 6.87. The number of sulfone groups is 1. The highest BCUT2D eigenvalue weighted by atomic mass is 32.2. The first kappa shape index (κ1) is 15.1. The Bertz CT molecular complexity index is 545. The van der Waals surface area contributed by atoms with Gasteiger partial charge < -0.3 is 15.4 Å². The summed E-state index contributed by atoms with van der Waals surface area (Å²) in [5.74, 6) is 1.26. The Morgan fingerprint density at radius 3 is 2.75 bits per heavy atom. The third kappa shape index (κ3) is 3.43. The molecule has 0 radical (unpaired) electrons. The van der Waals surface area contributed by atoms with E-state index in [4.69, 9.17) is 10.5 Å². The number of hydrogen-bond acceptors (Lipinski definition) is 5. The van der Waals surface area contributed by atoms with Gasteiger partial charge in [-0.15, -0.1) is 0 Å². The van der Waals surface area contributed by atoms with Crippen LogP contribution in [0.25, 0.3) is 0 Å². The summed E-state index contributed by atoms with van der Waals surface area (Å²) < 4.78 is 28.8. The number of anilines is 1. The molecule has 1 aliphatic heterocycles. The molecule has 20 heavy (non-hydrogen) atoms. The minimum Gasteiger partial charge on any atom is -0.495 e. The quantitative estimate of drug-likeness (QED) is 0.849. The standard InChI is InChI=1S/C14H22N2O3S/c1-19-14-6-3-2-5-13(14)16(9-4-8-15)12-7-10-20(17,18)11-12/h2-3,5-6,12H,4,7-11,15H2,1H3. The van der Waals surface area contributed by atoms with E-state index in [9.17, 15) is 8.42 Å². The number of nitrogens with two attached hydrogens (primary N) is 1. The number of nitrogens with zero attached hydrogens (tertiary/aromatic N) is 1. The Labute approximate surface area is 120 Å². The van der Waals surface area contributed by atoms with E-state index in [1.165, 1.54) is 0 Å². The van der Waals surface area contributed by atoms with Crippen LogP contribution in [0.5, 0.6) is 5.75 Å². The molecule has 1 saturated heterocycles. The Morgan fingerprint density at radius 1 is 1.40 bits per heavy atom. The molecule has 2 N–H and O–H groups in total. The average molecular weight is 298 g/mol. The number of para-hydroxylation sites is 2. The number of benzene rings is 1. The fourth-order valence-corrected chi connectivity index (χ4v) is 4.38. The average Bonchev–Trinajstić information content (AvgIpc) is 2.80. The minimum atomic E-state index is -2.91. The summed E-state index contributed by atoms with van der Waals surface area (Å²) in [6.45, 7) is 1.34. The van der Waals surface area contributed by atoms with Crippen LogP contribution in [0.3, 0.4) is 0 Å². The lowest BCUT2D eigenvalue weighted by Gasteiger charge is -2.31. The molecule has 112 valence electrons. The van der Waals surface area contributed by atoms with Gasteiger partial charge in [-0.1, -0.05) is 12.1 Å². The number of ether oxygens (including phenoxy) is 1. The van der Waals surface area contributed by atoms with Gasteiger partial charge >= 0.3 is 0 Å². The Hall–Kier alpha value is -1.27. The van der Waals surface area contributed by atoms with E-state index in [0.717, 1.165) is 24.4 Å². The lowest BCUT2D eigenvalue weighted by Crippen LogP contribution is -2.38. The summed E-state index contributed by atoms with van der Waals surface area (Å²) >= 11 is 0. The molecule has 1 atom stereocenters. The predicted octanol–water partition coefficient (Wildman–Crippen LogP) is 1.04. The first-order valence-corrected chi connectivity index (χ1v) is 8.69. The van der Waals surface area contributed by atoms with Crippen molar-refractivity contribution in [2.45, 2.75) is 18.9 Å². The SMILES string of the molecule is COc1ccccc1N(CCCN)C1CCS(=O)(=O)C1. The fourth-order valence-electron chi connectivity index (χ4n) is 2.65. The van der Waals surface area contributed by atoms with Gasteiger partial charge in [-0.25, -0.2) is 8.42 Å². The molecule has 1 fully saturated rings. The minimum absolute atomic E-state index is 0.0165. The van der Waals surface area contributed by atoms with Crippen LogP contribution in [0.15, 0.2) is 24.3 Å². The summed E-state index contributed by atoms with van der Waals surface area (Å²) in [5, 5.41) is 0. The van der Waals surface area contributed by atoms with Crippen LogP contribution >= 0.6 is 0 Å². The Morgan fingerprint density at radius 2 is 2.15 bits per heavy atom. The van der Waals surface area contributed by atoms with Gasteiger partial charge in [0, 0.05) is 12.6 Å². The van der Waals surface area contributed by atoms with Crippen LogP contribution in [0.4, 0.5) is 5.69 Å². The summed E-state index contributed by atoms with van der Waals surface area (Å²) in [5.41, 5.74) is 6.55. The Kier molecular flexibility index (Phi) is 4.88. The molecule has 0 bridgehead atoms. The van der Waals surface area contributed by atoms with Crippen molar-refractivity contribution in [3.63, 3.8) is 0 Å². The molecule has 0 aliphatic carbocycles. The van der Waals surface area contributed by atoms with Crippen LogP contribution in [0, 0.1) is 0 Å². The molecule has 0 amide bonds. The van der Waals surface area contributed by atoms with Crippen molar-refractivity contribution < 1.29 is 13.2 Å². The number of methoxy groups -OCH3 is 1. The van der Waals surface area contributed by atoms with Crippen molar-refractivity contribution in [1.29, 1.82) is 0 Å². The molecular formula is C14H22N2O3S. The van der Waals surface area contributed by atoms with Gasteiger partial charge in [0.2, 0.25) is 0 Å². The zero-order valence-electron chi connectivity index (χ0n) is 11.8. The van der Waals surface area contributed by atoms with Crippen LogP contribution < -0.4 is 15.4 Å². The van der Waals surface area contributed by atoms with Crippen molar-refractivity contribution in [3.8, 4) is 5.75 Å². The second-order valence-electron chi connectivity index (χ2n) is 5.06. The summed E-state index contributed by atoms with van der Waals surface area (Å²) in [4.78, 5) is 2.14. The molecule has 6 heteroatoms. The molecule has 5 nitrogen and oxygen atoms in total. The molecule has 0 saturated carbocycles. The highest BCUT2D eigenvalue weighted by Crippen LogP contribution is 2.32. The highest BCUT2D eigenvalue weighted by molar-refractivity contribution is 7.91. The van der Waals surface area contributed by atoms with Gasteiger partial charge in [0.15, 0.2) is 9.84 Å². The lowest BCUT2D eigenvalue weighted by molar-refractivity contribution is 0.412. The second kappa shape index (κ2) is 6.45. The van der Waals surface area contributed by atoms with Gasteiger partial charge in [0.05, 0.1) is 24.3 Å². The van der Waals surface area contributed by atoms with Gasteiger partial charge in [-0.05, 0) is 31.5 Å². The monoisotopic (exact) mass is 298 g/mol. The van der Waals surface area contributed by atoms with Crippen molar-refractivity contribution in [1.82, 2.24) is 0 Å². The third-order valence-electron chi connectivity index (χ3n) is 3.65. The molecule has 1 aromatic rings. The molecule has 0 spiro atoms. The largest absolute Gasteiger partial charge is 0.495 e. The van der Waals surface area contributed by atoms with Gasteiger partial charge in [-0.3, -0.25) is 0 Å². The van der Waals surface area contributed by atoms with Crippen molar-refractivity contribution in [3.05, 3.63) is 24.3 Å². The van der Waals surface area contributed by atoms with E-state index < -0.39 is 9.84 Å². The van der Waals surface area contributed by atoms with Gasteiger partial charge in [0.25, 0.3) is 0 Å². The smallest absolute Gasteiger partial charge is 0.152 e. The first-order chi connectivity index (χ1) is 9.57. The third-order valence-corrected chi connectivity index (χ3v) is 5.40. The fraction of sp³-hybridized carbons (Fsp3) is 0.571. The maximum atomic E-state index is 11.7. The van der Waals surface area contributed by atoms with E-state index in [1.807, 2.05) is 24.3 Å². The summed E-state index contributed by atoms with van der Waals surface area (Å²) in [7, 11) is -1.28. The van der Waals surface area contributed by atoms with Gasteiger partial charge in [-0.2, -0.15) is 0 Å². The van der Waals surface area contributed by atoms with Crippen LogP contribution in [-0.2, 0) is 9.84 Å². The maximum Gasteiger partial charge on any atom is 0.152 e. The van der Waals surface area contributed by atoms with E-state index >= 15 is 0 Å². The summed E-state index contributed by atoms with van der Waals surface area (Å²) in [6, 6.07) is 7.74. The van der Waals surface area contributed by atoms with E-state index in [2.05, 4.69) is 4.90 Å². The van der Waals surface area contributed by atoms with Crippen molar-refractivity contribution in [2.24, 2.45) is 5.73 Å². The molecule has 1 unspecified atom stereocenters. The zero-order chi connectivity index (χ0) is 14.6. The lowest BCUT2D eigenvalue weighted by atomic mass is 10.1. The van der Waals surface area contributed by atoms with E-state index in [0.29, 0.717) is 13.0 Å². The van der Waals surface area contributed by atoms with Gasteiger partial charge in [0.1, 0.15) is 5.75 Å². The second-order valence-corrected chi connectivity index (χ2v) is 7.29. The maximum absolute atomic E-state index is 11.7. The number of hydrogen-bond donors (Lipinski definition) is 1. The molecule has 0 aromatic heterocycles. The Balaban J connectivity index is 2.27. The number of rotatable bonds is 6. The topological polar surface area (TPSA) is 72.6 Å². The molecular weight excluding hydrogens is 276 g/mol. The van der Waals surface area contributed by atoms with E-state index in [1.54, 1.807) is 7.11 Å². The highest BCUT2D eigenvalue weighted by Gasteiger charge is 2.33. The molecule has 1 heterocycles. The van der Waals surface area contributed by atoms with Crippen LogP contribution in [0.1, 0.15) is 12.8 Å². The molecule has 1 aromatic carbocycles. The molecule has 1 aliphatic rings. The molecule has 2 rings (SSSR count). The van der Waals surface area contributed by atoms with Crippen LogP contribution in [-0.4, -0.2) is 46.2 Å². The predicted molar refractivity (Wildman–Crippen MR) is 81.1 cm³/mol. The zero-order valence-corrected chi connectivity index (χ0v) is 12.6. The van der Waals surface area contributed by atoms with Crippen LogP contribution in [0.2, 0.25) is 0 Å². The summed E-state index contributed by atoms with van der Waals surface area (Å²) in [6.07, 6.45) is 1.50. The van der Waals surface area contributed by atoms with Crippen molar-refractivity contribution in [2.75, 3.05) is 36.6 Å².